The molecule has 0 radical (unpaired) electrons. The number of hydrogen-bond donors (Lipinski definition) is 0. The molecule has 2 nitrogen and oxygen atoms in total. The molecule has 0 spiro atoms. The largest absolute Gasteiger partial charge is 0.228 e. The molecule has 21 heavy (non-hydrogen) atoms. The molecule has 2 atom stereocenters. The molecule has 2 rings (SSSR count). The van der Waals surface area contributed by atoms with Crippen LogP contribution >= 0.6 is 0 Å². The Bertz CT molecular complexity index is 595. The standard InChI is InChI=1S/C18H22O2S/c1-15(13-17-9-5-3-6-10-17)21(19,20)16(2)14-18-11-7-4-8-12-18/h3-12,15-16H,13-14H2,1-2H3. The number of benzene rings is 2. The van der Waals surface area contributed by atoms with E-state index in [2.05, 4.69) is 0 Å². The predicted molar refractivity (Wildman–Crippen MR) is 88.1 cm³/mol. The van der Waals surface area contributed by atoms with E-state index in [0.29, 0.717) is 12.8 Å². The summed E-state index contributed by atoms with van der Waals surface area (Å²) in [5.41, 5.74) is 2.14. The first-order valence-electron chi connectivity index (χ1n) is 7.30. The van der Waals surface area contributed by atoms with Crippen molar-refractivity contribution in [1.82, 2.24) is 0 Å². The highest BCUT2D eigenvalue weighted by Crippen LogP contribution is 2.18. The first kappa shape index (κ1) is 15.8. The molecular weight excluding hydrogens is 280 g/mol. The van der Waals surface area contributed by atoms with Gasteiger partial charge in [0.15, 0.2) is 9.84 Å². The summed E-state index contributed by atoms with van der Waals surface area (Å²) >= 11 is 0. The summed E-state index contributed by atoms with van der Waals surface area (Å²) in [4.78, 5) is 0. The third-order valence-electron chi connectivity index (χ3n) is 3.85. The van der Waals surface area contributed by atoms with Gasteiger partial charge in [-0.25, -0.2) is 8.42 Å². The second-order valence-corrected chi connectivity index (χ2v) is 8.38. The molecule has 0 aliphatic carbocycles. The lowest BCUT2D eigenvalue weighted by atomic mass is 10.1. The van der Waals surface area contributed by atoms with Crippen molar-refractivity contribution in [3.8, 4) is 0 Å². The zero-order valence-electron chi connectivity index (χ0n) is 12.6. The quantitative estimate of drug-likeness (QED) is 0.816. The van der Waals surface area contributed by atoms with Crippen molar-refractivity contribution in [3.63, 3.8) is 0 Å². The first-order valence-corrected chi connectivity index (χ1v) is 8.91. The highest BCUT2D eigenvalue weighted by molar-refractivity contribution is 7.92. The maximum absolute atomic E-state index is 12.6. The summed E-state index contributed by atoms with van der Waals surface area (Å²) in [6, 6.07) is 19.6. The van der Waals surface area contributed by atoms with E-state index in [1.807, 2.05) is 74.5 Å². The van der Waals surface area contributed by atoms with E-state index < -0.39 is 9.84 Å². The van der Waals surface area contributed by atoms with Crippen molar-refractivity contribution < 1.29 is 8.42 Å². The van der Waals surface area contributed by atoms with E-state index in [-0.39, 0.29) is 10.5 Å². The molecule has 0 fully saturated rings. The fourth-order valence-electron chi connectivity index (χ4n) is 2.52. The average Bonchev–Trinajstić information content (AvgIpc) is 2.49. The Hall–Kier alpha value is -1.61. The van der Waals surface area contributed by atoms with Gasteiger partial charge >= 0.3 is 0 Å². The summed E-state index contributed by atoms with van der Waals surface area (Å²) in [5, 5.41) is -0.725. The van der Waals surface area contributed by atoms with Gasteiger partial charge in [0, 0.05) is 0 Å². The maximum atomic E-state index is 12.6. The molecule has 112 valence electrons. The highest BCUT2D eigenvalue weighted by Gasteiger charge is 2.27. The SMILES string of the molecule is CC(Cc1ccccc1)S(=O)(=O)C(C)Cc1ccccc1. The van der Waals surface area contributed by atoms with E-state index in [1.54, 1.807) is 0 Å². The fourth-order valence-corrected chi connectivity index (χ4v) is 4.16. The molecule has 0 aliphatic heterocycles. The third-order valence-corrected chi connectivity index (χ3v) is 6.43. The van der Waals surface area contributed by atoms with Crippen molar-refractivity contribution in [2.75, 3.05) is 0 Å². The summed E-state index contributed by atoms with van der Waals surface area (Å²) in [6.45, 7) is 3.62. The fraction of sp³-hybridized carbons (Fsp3) is 0.333. The maximum Gasteiger partial charge on any atom is 0.156 e. The van der Waals surface area contributed by atoms with Crippen molar-refractivity contribution in [2.45, 2.75) is 37.2 Å². The monoisotopic (exact) mass is 302 g/mol. The van der Waals surface area contributed by atoms with Crippen molar-refractivity contribution in [1.29, 1.82) is 0 Å². The molecule has 0 bridgehead atoms. The molecule has 0 saturated heterocycles. The molecule has 3 heteroatoms. The Labute approximate surface area is 127 Å². The third kappa shape index (κ3) is 4.18. The van der Waals surface area contributed by atoms with Crippen LogP contribution in [0.4, 0.5) is 0 Å². The number of sulfone groups is 1. The van der Waals surface area contributed by atoms with Gasteiger partial charge in [0.2, 0.25) is 0 Å². The van der Waals surface area contributed by atoms with Crippen LogP contribution in [0.1, 0.15) is 25.0 Å². The van der Waals surface area contributed by atoms with Gasteiger partial charge in [0.1, 0.15) is 0 Å². The van der Waals surface area contributed by atoms with Gasteiger partial charge in [-0.2, -0.15) is 0 Å². The van der Waals surface area contributed by atoms with Gasteiger partial charge in [0.05, 0.1) is 10.5 Å². The summed E-state index contributed by atoms with van der Waals surface area (Å²) in [6.07, 6.45) is 1.14. The smallest absolute Gasteiger partial charge is 0.156 e. The number of rotatable bonds is 6. The zero-order chi connectivity index (χ0) is 15.3. The molecule has 0 aliphatic rings. The van der Waals surface area contributed by atoms with E-state index in [0.717, 1.165) is 11.1 Å². The van der Waals surface area contributed by atoms with Crippen LogP contribution < -0.4 is 0 Å². The van der Waals surface area contributed by atoms with E-state index in [1.165, 1.54) is 0 Å². The molecule has 2 unspecified atom stereocenters. The molecule has 0 amide bonds. The molecule has 0 N–H and O–H groups in total. The van der Waals surface area contributed by atoms with Crippen LogP contribution in [0.15, 0.2) is 60.7 Å². The Balaban J connectivity index is 2.06. The Morgan fingerprint density at radius 3 is 1.38 bits per heavy atom. The van der Waals surface area contributed by atoms with Crippen molar-refractivity contribution in [3.05, 3.63) is 71.8 Å². The van der Waals surface area contributed by atoms with Crippen LogP contribution in [-0.4, -0.2) is 18.9 Å². The number of hydrogen-bond acceptors (Lipinski definition) is 2. The van der Waals surface area contributed by atoms with Gasteiger partial charge in [0.25, 0.3) is 0 Å². The van der Waals surface area contributed by atoms with Gasteiger partial charge in [-0.05, 0) is 37.8 Å². The van der Waals surface area contributed by atoms with Gasteiger partial charge in [-0.3, -0.25) is 0 Å². The van der Waals surface area contributed by atoms with Crippen LogP contribution in [0.2, 0.25) is 0 Å². The highest BCUT2D eigenvalue weighted by atomic mass is 32.2. The Morgan fingerprint density at radius 1 is 0.714 bits per heavy atom. The lowest BCUT2D eigenvalue weighted by molar-refractivity contribution is 0.568. The van der Waals surface area contributed by atoms with Gasteiger partial charge < -0.3 is 0 Å². The minimum atomic E-state index is -3.14. The van der Waals surface area contributed by atoms with E-state index in [4.69, 9.17) is 0 Å². The summed E-state index contributed by atoms with van der Waals surface area (Å²) in [7, 11) is -3.14. The van der Waals surface area contributed by atoms with Crippen LogP contribution in [0.5, 0.6) is 0 Å². The summed E-state index contributed by atoms with van der Waals surface area (Å²) in [5.74, 6) is 0. The van der Waals surface area contributed by atoms with Gasteiger partial charge in [-0.1, -0.05) is 60.7 Å². The van der Waals surface area contributed by atoms with Gasteiger partial charge in [-0.15, -0.1) is 0 Å². The van der Waals surface area contributed by atoms with E-state index in [9.17, 15) is 8.42 Å². The average molecular weight is 302 g/mol. The van der Waals surface area contributed by atoms with Crippen molar-refractivity contribution >= 4 is 9.84 Å². The van der Waals surface area contributed by atoms with Crippen LogP contribution in [-0.2, 0) is 22.7 Å². The molecule has 2 aromatic rings. The predicted octanol–water partition coefficient (Wildman–Crippen LogP) is 3.66. The minimum Gasteiger partial charge on any atom is -0.228 e. The normalized spacial score (nSPS) is 14.6. The topological polar surface area (TPSA) is 34.1 Å². The zero-order valence-corrected chi connectivity index (χ0v) is 13.4. The second-order valence-electron chi connectivity index (χ2n) is 5.59. The Morgan fingerprint density at radius 2 is 1.05 bits per heavy atom. The first-order chi connectivity index (χ1) is 10.00. The lowest BCUT2D eigenvalue weighted by Gasteiger charge is -2.19. The molecule has 0 saturated carbocycles. The van der Waals surface area contributed by atoms with Crippen LogP contribution in [0.25, 0.3) is 0 Å². The molecule has 0 aromatic heterocycles. The minimum absolute atomic E-state index is 0.362. The molecule has 0 heterocycles. The lowest BCUT2D eigenvalue weighted by Crippen LogP contribution is -2.31. The van der Waals surface area contributed by atoms with Crippen molar-refractivity contribution in [2.24, 2.45) is 0 Å². The second kappa shape index (κ2) is 6.90. The summed E-state index contributed by atoms with van der Waals surface area (Å²) < 4.78 is 25.3. The molecular formula is C18H22O2S. The van der Waals surface area contributed by atoms with Crippen LogP contribution in [0.3, 0.4) is 0 Å². The van der Waals surface area contributed by atoms with Crippen LogP contribution in [0, 0.1) is 0 Å². The molecule has 2 aromatic carbocycles. The Kier molecular flexibility index (Phi) is 5.18. The van der Waals surface area contributed by atoms with E-state index >= 15 is 0 Å².